The highest BCUT2D eigenvalue weighted by atomic mass is 32.1. The number of carbonyl (C=O) groups is 2. The van der Waals surface area contributed by atoms with Gasteiger partial charge in [-0.2, -0.15) is 0 Å². The molecule has 1 atom stereocenters. The van der Waals surface area contributed by atoms with Crippen LogP contribution in [0.2, 0.25) is 0 Å². The van der Waals surface area contributed by atoms with E-state index in [-0.39, 0.29) is 18.0 Å². The van der Waals surface area contributed by atoms with Gasteiger partial charge in [0.2, 0.25) is 5.91 Å². The summed E-state index contributed by atoms with van der Waals surface area (Å²) in [5.41, 5.74) is 2.57. The largest absolute Gasteiger partial charge is 0.340 e. The summed E-state index contributed by atoms with van der Waals surface area (Å²) in [6.45, 7) is 2.81. The van der Waals surface area contributed by atoms with E-state index in [4.69, 9.17) is 0 Å². The van der Waals surface area contributed by atoms with Gasteiger partial charge in [0.1, 0.15) is 0 Å². The maximum atomic E-state index is 12.7. The molecule has 1 unspecified atom stereocenters. The van der Waals surface area contributed by atoms with Crippen LogP contribution >= 0.6 is 11.3 Å². The molecule has 1 N–H and O–H groups in total. The second-order valence-electron chi connectivity index (χ2n) is 7.32. The van der Waals surface area contributed by atoms with Crippen LogP contribution in [0.25, 0.3) is 0 Å². The number of benzene rings is 1. The van der Waals surface area contributed by atoms with Gasteiger partial charge < -0.3 is 15.1 Å². The average Bonchev–Trinajstić information content (AvgIpc) is 3.21. The Morgan fingerprint density at radius 3 is 2.74 bits per heavy atom. The number of piperidine rings is 1. The SMILES string of the molecule is O=C(Cc1cccs1)N1CCCC(NC(=O)N2CCc3ccccc3C2)C1. The van der Waals surface area contributed by atoms with E-state index in [2.05, 4.69) is 23.5 Å². The lowest BCUT2D eigenvalue weighted by molar-refractivity contribution is -0.131. The Balaban J connectivity index is 1.31. The van der Waals surface area contributed by atoms with Gasteiger partial charge in [-0.05, 0) is 41.8 Å². The van der Waals surface area contributed by atoms with Crippen molar-refractivity contribution in [3.63, 3.8) is 0 Å². The molecule has 5 nitrogen and oxygen atoms in total. The number of nitrogens with one attached hydrogen (secondary N) is 1. The molecule has 6 heteroatoms. The number of thiophene rings is 1. The molecule has 1 fully saturated rings. The molecular weight excluding hydrogens is 358 g/mol. The zero-order chi connectivity index (χ0) is 18.6. The number of amides is 3. The van der Waals surface area contributed by atoms with E-state index in [1.165, 1.54) is 11.1 Å². The molecule has 4 rings (SSSR count). The number of urea groups is 1. The van der Waals surface area contributed by atoms with Crippen molar-refractivity contribution in [2.75, 3.05) is 19.6 Å². The summed E-state index contributed by atoms with van der Waals surface area (Å²) in [7, 11) is 0. The number of hydrogen-bond donors (Lipinski definition) is 1. The first-order valence-corrected chi connectivity index (χ1v) is 10.5. The molecule has 0 radical (unpaired) electrons. The Hall–Kier alpha value is -2.34. The van der Waals surface area contributed by atoms with Crippen molar-refractivity contribution in [3.8, 4) is 0 Å². The minimum atomic E-state index is -0.0120. The lowest BCUT2D eigenvalue weighted by atomic mass is 10.00. The van der Waals surface area contributed by atoms with E-state index in [1.54, 1.807) is 11.3 Å². The predicted octanol–water partition coefficient (Wildman–Crippen LogP) is 3.05. The molecule has 0 spiro atoms. The summed E-state index contributed by atoms with van der Waals surface area (Å²) < 4.78 is 0. The van der Waals surface area contributed by atoms with E-state index < -0.39 is 0 Å². The van der Waals surface area contributed by atoms with E-state index >= 15 is 0 Å². The topological polar surface area (TPSA) is 52.7 Å². The highest BCUT2D eigenvalue weighted by Gasteiger charge is 2.27. The van der Waals surface area contributed by atoms with Crippen molar-refractivity contribution in [2.24, 2.45) is 0 Å². The van der Waals surface area contributed by atoms with Crippen LogP contribution < -0.4 is 5.32 Å². The number of rotatable bonds is 3. The number of likely N-dealkylation sites (tertiary alicyclic amines) is 1. The van der Waals surface area contributed by atoms with E-state index in [0.29, 0.717) is 19.5 Å². The minimum absolute atomic E-state index is 0.0120. The monoisotopic (exact) mass is 383 g/mol. The van der Waals surface area contributed by atoms with E-state index in [9.17, 15) is 9.59 Å². The normalized spacial score (nSPS) is 19.5. The molecule has 0 aliphatic carbocycles. The molecule has 1 aromatic heterocycles. The van der Waals surface area contributed by atoms with Gasteiger partial charge in [-0.3, -0.25) is 4.79 Å². The smallest absolute Gasteiger partial charge is 0.317 e. The lowest BCUT2D eigenvalue weighted by Gasteiger charge is -2.35. The molecule has 2 aliphatic heterocycles. The lowest BCUT2D eigenvalue weighted by Crippen LogP contribution is -2.53. The van der Waals surface area contributed by atoms with Crippen LogP contribution in [0.5, 0.6) is 0 Å². The van der Waals surface area contributed by atoms with Crippen LogP contribution in [0.1, 0.15) is 28.8 Å². The first-order chi connectivity index (χ1) is 13.2. The third-order valence-corrected chi connectivity index (χ3v) is 6.30. The van der Waals surface area contributed by atoms with Gasteiger partial charge in [-0.1, -0.05) is 30.3 Å². The molecule has 0 bridgehead atoms. The number of nitrogens with zero attached hydrogens (tertiary/aromatic N) is 2. The molecule has 142 valence electrons. The fourth-order valence-electron chi connectivity index (χ4n) is 3.93. The molecule has 1 saturated heterocycles. The maximum absolute atomic E-state index is 12.7. The Morgan fingerprint density at radius 1 is 1.07 bits per heavy atom. The third kappa shape index (κ3) is 4.33. The van der Waals surface area contributed by atoms with Crippen molar-refractivity contribution >= 4 is 23.3 Å². The summed E-state index contributed by atoms with van der Waals surface area (Å²) in [5.74, 6) is 0.156. The maximum Gasteiger partial charge on any atom is 0.317 e. The van der Waals surface area contributed by atoms with Gasteiger partial charge in [0.05, 0.1) is 6.42 Å². The van der Waals surface area contributed by atoms with Crippen molar-refractivity contribution in [1.29, 1.82) is 0 Å². The standard InChI is InChI=1S/C21H25N3O2S/c25-20(13-19-8-4-12-27-19)23-10-3-7-18(15-23)22-21(26)24-11-9-16-5-1-2-6-17(16)14-24/h1-2,4-6,8,12,18H,3,7,9-11,13-15H2,(H,22,26). The molecule has 1 aromatic carbocycles. The van der Waals surface area contributed by atoms with Gasteiger partial charge >= 0.3 is 6.03 Å². The van der Waals surface area contributed by atoms with Crippen LogP contribution in [-0.2, 0) is 24.2 Å². The second-order valence-corrected chi connectivity index (χ2v) is 8.36. The molecule has 27 heavy (non-hydrogen) atoms. The molecular formula is C21H25N3O2S. The Labute approximate surface area is 164 Å². The van der Waals surface area contributed by atoms with Crippen molar-refractivity contribution in [2.45, 2.75) is 38.3 Å². The highest BCUT2D eigenvalue weighted by molar-refractivity contribution is 7.10. The van der Waals surface area contributed by atoms with Gasteiger partial charge in [-0.15, -0.1) is 11.3 Å². The van der Waals surface area contributed by atoms with E-state index in [0.717, 1.165) is 37.2 Å². The highest BCUT2D eigenvalue weighted by Crippen LogP contribution is 2.19. The van der Waals surface area contributed by atoms with Crippen molar-refractivity contribution in [1.82, 2.24) is 15.1 Å². The Morgan fingerprint density at radius 2 is 1.93 bits per heavy atom. The fraction of sp³-hybridized carbons (Fsp3) is 0.429. The zero-order valence-electron chi connectivity index (χ0n) is 15.4. The van der Waals surface area contributed by atoms with Crippen LogP contribution in [0.15, 0.2) is 41.8 Å². The molecule has 3 amide bonds. The average molecular weight is 384 g/mol. The third-order valence-electron chi connectivity index (χ3n) is 5.43. The number of hydrogen-bond acceptors (Lipinski definition) is 3. The first-order valence-electron chi connectivity index (χ1n) is 9.61. The van der Waals surface area contributed by atoms with Gasteiger partial charge in [0, 0.05) is 37.1 Å². The van der Waals surface area contributed by atoms with Crippen LogP contribution in [0.4, 0.5) is 4.79 Å². The summed E-state index contributed by atoms with van der Waals surface area (Å²) in [4.78, 5) is 30.1. The number of carbonyl (C=O) groups excluding carboxylic acids is 2. The van der Waals surface area contributed by atoms with Crippen molar-refractivity contribution in [3.05, 3.63) is 57.8 Å². The Bertz CT molecular complexity index is 806. The first kappa shape index (κ1) is 18.0. The van der Waals surface area contributed by atoms with Gasteiger partial charge in [0.15, 0.2) is 0 Å². The van der Waals surface area contributed by atoms with Crippen LogP contribution in [-0.4, -0.2) is 47.4 Å². The van der Waals surface area contributed by atoms with Gasteiger partial charge in [0.25, 0.3) is 0 Å². The van der Waals surface area contributed by atoms with E-state index in [1.807, 2.05) is 33.4 Å². The molecule has 3 heterocycles. The zero-order valence-corrected chi connectivity index (χ0v) is 16.2. The summed E-state index contributed by atoms with van der Waals surface area (Å²) >= 11 is 1.62. The number of fused-ring (bicyclic) bond motifs is 1. The molecule has 2 aromatic rings. The van der Waals surface area contributed by atoms with Gasteiger partial charge in [-0.25, -0.2) is 4.79 Å². The summed E-state index contributed by atoms with van der Waals surface area (Å²) in [6, 6.07) is 12.3. The quantitative estimate of drug-likeness (QED) is 0.886. The van der Waals surface area contributed by atoms with Crippen LogP contribution in [0, 0.1) is 0 Å². The molecule has 2 aliphatic rings. The summed E-state index contributed by atoms with van der Waals surface area (Å²) in [5, 5.41) is 5.16. The second kappa shape index (κ2) is 8.13. The fourth-order valence-corrected chi connectivity index (χ4v) is 4.63. The van der Waals surface area contributed by atoms with Crippen molar-refractivity contribution < 1.29 is 9.59 Å². The minimum Gasteiger partial charge on any atom is -0.340 e. The van der Waals surface area contributed by atoms with Crippen LogP contribution in [0.3, 0.4) is 0 Å². The molecule has 0 saturated carbocycles. The summed E-state index contributed by atoms with van der Waals surface area (Å²) in [6.07, 6.45) is 3.23. The predicted molar refractivity (Wildman–Crippen MR) is 107 cm³/mol. The Kier molecular flexibility index (Phi) is 5.43.